The molecular weight excluding hydrogens is 200 g/mol. The highest BCUT2D eigenvalue weighted by atomic mass is 19.1. The van der Waals surface area contributed by atoms with Crippen molar-refractivity contribution in [2.45, 2.75) is 18.9 Å². The lowest BCUT2D eigenvalue weighted by Gasteiger charge is -2.12. The summed E-state index contributed by atoms with van der Waals surface area (Å²) in [5.41, 5.74) is 0. The highest BCUT2D eigenvalue weighted by molar-refractivity contribution is 5.24. The minimum absolute atomic E-state index is 0.0105. The van der Waals surface area contributed by atoms with Gasteiger partial charge < -0.3 is 10.1 Å². The van der Waals surface area contributed by atoms with Gasteiger partial charge in [-0.15, -0.1) is 0 Å². The van der Waals surface area contributed by atoms with Gasteiger partial charge in [0.2, 0.25) is 0 Å². The van der Waals surface area contributed by atoms with Gasteiger partial charge in [-0.1, -0.05) is 0 Å². The van der Waals surface area contributed by atoms with Crippen molar-refractivity contribution < 1.29 is 13.5 Å². The smallest absolute Gasteiger partial charge is 0.165 e. The van der Waals surface area contributed by atoms with Crippen LogP contribution in [-0.4, -0.2) is 19.2 Å². The van der Waals surface area contributed by atoms with Gasteiger partial charge in [0.25, 0.3) is 0 Å². The molecule has 1 atom stereocenters. The summed E-state index contributed by atoms with van der Waals surface area (Å²) in [7, 11) is 0. The van der Waals surface area contributed by atoms with Crippen LogP contribution in [0, 0.1) is 11.6 Å². The van der Waals surface area contributed by atoms with Gasteiger partial charge in [0.1, 0.15) is 12.4 Å². The molecule has 0 saturated carbocycles. The van der Waals surface area contributed by atoms with Crippen molar-refractivity contribution >= 4 is 0 Å². The molecule has 15 heavy (non-hydrogen) atoms. The second kappa shape index (κ2) is 4.57. The number of ether oxygens (including phenoxy) is 1. The molecule has 1 aromatic carbocycles. The zero-order valence-electron chi connectivity index (χ0n) is 8.30. The quantitative estimate of drug-likeness (QED) is 0.830. The molecule has 0 bridgehead atoms. The zero-order valence-corrected chi connectivity index (χ0v) is 8.30. The fourth-order valence-electron chi connectivity index (χ4n) is 1.68. The zero-order chi connectivity index (χ0) is 10.7. The Balaban J connectivity index is 1.94. The molecule has 2 nitrogen and oxygen atoms in total. The Morgan fingerprint density at radius 3 is 3.00 bits per heavy atom. The molecule has 0 spiro atoms. The third kappa shape index (κ3) is 2.65. The van der Waals surface area contributed by atoms with Gasteiger partial charge in [-0.25, -0.2) is 8.78 Å². The second-order valence-corrected chi connectivity index (χ2v) is 3.68. The number of halogens is 2. The van der Waals surface area contributed by atoms with Crippen LogP contribution in [-0.2, 0) is 0 Å². The minimum Gasteiger partial charge on any atom is -0.489 e. The van der Waals surface area contributed by atoms with E-state index in [0.717, 1.165) is 37.6 Å². The molecule has 0 unspecified atom stereocenters. The molecule has 0 aliphatic carbocycles. The van der Waals surface area contributed by atoms with Gasteiger partial charge >= 0.3 is 0 Å². The molecule has 1 aromatic rings. The molecule has 1 heterocycles. The third-order valence-electron chi connectivity index (χ3n) is 2.50. The normalized spacial score (nSPS) is 20.5. The van der Waals surface area contributed by atoms with E-state index in [1.165, 1.54) is 0 Å². The molecule has 1 aliphatic heterocycles. The summed E-state index contributed by atoms with van der Waals surface area (Å²) in [6, 6.07) is 3.49. The first-order valence-corrected chi connectivity index (χ1v) is 5.07. The van der Waals surface area contributed by atoms with Gasteiger partial charge in [0.05, 0.1) is 0 Å². The van der Waals surface area contributed by atoms with E-state index in [1.54, 1.807) is 0 Å². The Labute approximate surface area is 87.2 Å². The first-order valence-electron chi connectivity index (χ1n) is 5.07. The van der Waals surface area contributed by atoms with E-state index in [1.807, 2.05) is 0 Å². The van der Waals surface area contributed by atoms with Gasteiger partial charge in [-0.05, 0) is 31.5 Å². The summed E-state index contributed by atoms with van der Waals surface area (Å²) in [4.78, 5) is 0. The maximum absolute atomic E-state index is 13.1. The predicted octanol–water partition coefficient (Wildman–Crippen LogP) is 2.10. The first kappa shape index (κ1) is 10.4. The van der Waals surface area contributed by atoms with Crippen molar-refractivity contribution in [3.05, 3.63) is 29.8 Å². The average Bonchev–Trinajstić information content (AvgIpc) is 2.72. The molecule has 4 heteroatoms. The van der Waals surface area contributed by atoms with Crippen molar-refractivity contribution in [2.24, 2.45) is 0 Å². The van der Waals surface area contributed by atoms with Crippen LogP contribution < -0.4 is 10.1 Å². The molecule has 2 rings (SSSR count). The lowest BCUT2D eigenvalue weighted by atomic mass is 10.2. The minimum atomic E-state index is -0.519. The fourth-order valence-corrected chi connectivity index (χ4v) is 1.68. The Kier molecular flexibility index (Phi) is 3.16. The SMILES string of the molecule is Fc1ccc(F)c(OC[C@@H]2CCCN2)c1. The highest BCUT2D eigenvalue weighted by Crippen LogP contribution is 2.18. The van der Waals surface area contributed by atoms with Gasteiger partial charge in [0.15, 0.2) is 11.6 Å². The molecule has 1 fully saturated rings. The van der Waals surface area contributed by atoms with E-state index in [0.29, 0.717) is 6.61 Å². The third-order valence-corrected chi connectivity index (χ3v) is 2.50. The summed E-state index contributed by atoms with van der Waals surface area (Å²) in [5, 5.41) is 3.22. The lowest BCUT2D eigenvalue weighted by Crippen LogP contribution is -2.28. The summed E-state index contributed by atoms with van der Waals surface area (Å²) >= 11 is 0. The van der Waals surface area contributed by atoms with Crippen molar-refractivity contribution in [2.75, 3.05) is 13.2 Å². The fraction of sp³-hybridized carbons (Fsp3) is 0.455. The van der Waals surface area contributed by atoms with E-state index in [9.17, 15) is 8.78 Å². The van der Waals surface area contributed by atoms with Crippen LogP contribution >= 0.6 is 0 Å². The molecule has 0 amide bonds. The molecule has 1 aliphatic rings. The maximum atomic E-state index is 13.1. The van der Waals surface area contributed by atoms with Crippen LogP contribution in [0.5, 0.6) is 5.75 Å². The van der Waals surface area contributed by atoms with E-state index < -0.39 is 11.6 Å². The largest absolute Gasteiger partial charge is 0.489 e. The van der Waals surface area contributed by atoms with Gasteiger partial charge in [-0.3, -0.25) is 0 Å². The standard InChI is InChI=1S/C11H13F2NO/c12-8-3-4-10(13)11(6-8)15-7-9-2-1-5-14-9/h3-4,6,9,14H,1-2,5,7H2/t9-/m0/s1. The number of hydrogen-bond donors (Lipinski definition) is 1. The van der Waals surface area contributed by atoms with Crippen LogP contribution in [0.4, 0.5) is 8.78 Å². The van der Waals surface area contributed by atoms with E-state index in [2.05, 4.69) is 5.32 Å². The van der Waals surface area contributed by atoms with Crippen molar-refractivity contribution in [3.8, 4) is 5.75 Å². The predicted molar refractivity (Wildman–Crippen MR) is 52.9 cm³/mol. The summed E-state index contributed by atoms with van der Waals surface area (Å²) < 4.78 is 31.1. The Morgan fingerprint density at radius 1 is 1.40 bits per heavy atom. The molecule has 0 aromatic heterocycles. The van der Waals surface area contributed by atoms with Crippen LogP contribution in [0.3, 0.4) is 0 Å². The van der Waals surface area contributed by atoms with Gasteiger partial charge in [-0.2, -0.15) is 0 Å². The van der Waals surface area contributed by atoms with E-state index in [4.69, 9.17) is 4.74 Å². The first-order chi connectivity index (χ1) is 7.25. The lowest BCUT2D eigenvalue weighted by molar-refractivity contribution is 0.264. The molecule has 82 valence electrons. The highest BCUT2D eigenvalue weighted by Gasteiger charge is 2.15. The average molecular weight is 213 g/mol. The summed E-state index contributed by atoms with van der Waals surface area (Å²) in [6.07, 6.45) is 2.14. The number of benzene rings is 1. The molecule has 1 saturated heterocycles. The Hall–Kier alpha value is -1.16. The summed E-state index contributed by atoms with van der Waals surface area (Å²) in [5.74, 6) is -1.01. The maximum Gasteiger partial charge on any atom is 0.165 e. The summed E-state index contributed by atoms with van der Waals surface area (Å²) in [6.45, 7) is 1.36. The Bertz CT molecular complexity index is 337. The monoisotopic (exact) mass is 213 g/mol. The number of nitrogens with one attached hydrogen (secondary N) is 1. The van der Waals surface area contributed by atoms with E-state index in [-0.39, 0.29) is 11.8 Å². The van der Waals surface area contributed by atoms with Crippen molar-refractivity contribution in [1.29, 1.82) is 0 Å². The second-order valence-electron chi connectivity index (χ2n) is 3.68. The van der Waals surface area contributed by atoms with E-state index >= 15 is 0 Å². The number of hydrogen-bond acceptors (Lipinski definition) is 2. The number of rotatable bonds is 3. The van der Waals surface area contributed by atoms with Crippen molar-refractivity contribution in [3.63, 3.8) is 0 Å². The van der Waals surface area contributed by atoms with Crippen LogP contribution in [0.15, 0.2) is 18.2 Å². The Morgan fingerprint density at radius 2 is 2.27 bits per heavy atom. The van der Waals surface area contributed by atoms with Crippen LogP contribution in [0.1, 0.15) is 12.8 Å². The molecular formula is C11H13F2NO. The van der Waals surface area contributed by atoms with Crippen LogP contribution in [0.25, 0.3) is 0 Å². The molecule has 0 radical (unpaired) electrons. The van der Waals surface area contributed by atoms with Crippen molar-refractivity contribution in [1.82, 2.24) is 5.32 Å². The van der Waals surface area contributed by atoms with Gasteiger partial charge in [0, 0.05) is 12.1 Å². The molecule has 1 N–H and O–H groups in total. The topological polar surface area (TPSA) is 21.3 Å². The van der Waals surface area contributed by atoms with Crippen LogP contribution in [0.2, 0.25) is 0 Å².